The third-order valence-corrected chi connectivity index (χ3v) is 5.16. The number of piperazine rings is 1. The third-order valence-electron chi connectivity index (χ3n) is 5.16. The van der Waals surface area contributed by atoms with E-state index in [0.717, 1.165) is 56.8 Å². The minimum atomic E-state index is 0.257. The Morgan fingerprint density at radius 2 is 1.74 bits per heavy atom. The number of phenols is 1. The van der Waals surface area contributed by atoms with Crippen molar-refractivity contribution in [2.75, 3.05) is 33.3 Å². The molecule has 27 heavy (non-hydrogen) atoms. The predicted octanol–water partition coefficient (Wildman–Crippen LogP) is 3.76. The Labute approximate surface area is 162 Å². The lowest BCUT2D eigenvalue weighted by Gasteiger charge is -2.35. The molecule has 3 rings (SSSR count). The standard InChI is InChI=1S/C23H30N2O2/c1-4-6-19-14-21(23(26)22(15-19)27-3)17-25-11-9-24(10-12-25)16-20-8-5-7-18(2)13-20/h4-5,7-8,13-15,26H,1,6,9-12,16-17H2,2-3H3. The summed E-state index contributed by atoms with van der Waals surface area (Å²) >= 11 is 0. The van der Waals surface area contributed by atoms with E-state index in [-0.39, 0.29) is 5.75 Å². The topological polar surface area (TPSA) is 35.9 Å². The molecule has 1 fully saturated rings. The minimum Gasteiger partial charge on any atom is -0.504 e. The maximum atomic E-state index is 10.5. The summed E-state index contributed by atoms with van der Waals surface area (Å²) in [6.45, 7) is 11.8. The lowest BCUT2D eigenvalue weighted by molar-refractivity contribution is 0.121. The van der Waals surface area contributed by atoms with Gasteiger partial charge in [-0.1, -0.05) is 42.0 Å². The van der Waals surface area contributed by atoms with E-state index in [1.54, 1.807) is 7.11 Å². The van der Waals surface area contributed by atoms with Gasteiger partial charge in [0.25, 0.3) is 0 Å². The number of allylic oxidation sites excluding steroid dienone is 1. The molecular formula is C23H30N2O2. The van der Waals surface area contributed by atoms with Crippen molar-refractivity contribution in [2.24, 2.45) is 0 Å². The lowest BCUT2D eigenvalue weighted by Crippen LogP contribution is -2.45. The van der Waals surface area contributed by atoms with Gasteiger partial charge >= 0.3 is 0 Å². The van der Waals surface area contributed by atoms with E-state index in [1.165, 1.54) is 11.1 Å². The van der Waals surface area contributed by atoms with E-state index < -0.39 is 0 Å². The van der Waals surface area contributed by atoms with Crippen LogP contribution in [-0.2, 0) is 19.5 Å². The molecule has 4 nitrogen and oxygen atoms in total. The molecule has 1 heterocycles. The van der Waals surface area contributed by atoms with Crippen LogP contribution >= 0.6 is 0 Å². The van der Waals surface area contributed by atoms with Crippen LogP contribution in [0.4, 0.5) is 0 Å². The highest BCUT2D eigenvalue weighted by atomic mass is 16.5. The number of hydrogen-bond donors (Lipinski definition) is 1. The van der Waals surface area contributed by atoms with Crippen molar-refractivity contribution in [1.82, 2.24) is 9.80 Å². The largest absolute Gasteiger partial charge is 0.504 e. The Morgan fingerprint density at radius 3 is 2.37 bits per heavy atom. The number of aryl methyl sites for hydroxylation is 1. The molecule has 0 amide bonds. The summed E-state index contributed by atoms with van der Waals surface area (Å²) in [5.41, 5.74) is 4.74. The summed E-state index contributed by atoms with van der Waals surface area (Å²) < 4.78 is 5.34. The highest BCUT2D eigenvalue weighted by Crippen LogP contribution is 2.32. The van der Waals surface area contributed by atoms with Crippen LogP contribution < -0.4 is 4.74 Å². The zero-order valence-corrected chi connectivity index (χ0v) is 16.4. The molecule has 1 aliphatic heterocycles. The van der Waals surface area contributed by atoms with E-state index in [2.05, 4.69) is 53.6 Å². The summed E-state index contributed by atoms with van der Waals surface area (Å²) in [4.78, 5) is 4.90. The third kappa shape index (κ3) is 5.12. The first-order valence-electron chi connectivity index (χ1n) is 9.59. The van der Waals surface area contributed by atoms with E-state index in [1.807, 2.05) is 12.1 Å². The molecule has 1 N–H and O–H groups in total. The molecule has 0 aromatic heterocycles. The van der Waals surface area contributed by atoms with Gasteiger partial charge in [0.2, 0.25) is 0 Å². The molecule has 0 aliphatic carbocycles. The first-order chi connectivity index (χ1) is 13.1. The van der Waals surface area contributed by atoms with Gasteiger partial charge in [0, 0.05) is 44.8 Å². The Balaban J connectivity index is 1.60. The second-order valence-corrected chi connectivity index (χ2v) is 7.34. The number of rotatable bonds is 7. The van der Waals surface area contributed by atoms with Crippen LogP contribution in [0.3, 0.4) is 0 Å². The average molecular weight is 367 g/mol. The van der Waals surface area contributed by atoms with Crippen molar-refractivity contribution in [3.05, 3.63) is 71.3 Å². The van der Waals surface area contributed by atoms with Gasteiger partial charge in [-0.25, -0.2) is 0 Å². The van der Waals surface area contributed by atoms with Crippen LogP contribution in [0.1, 0.15) is 22.3 Å². The first kappa shape index (κ1) is 19.5. The molecule has 2 aromatic rings. The van der Waals surface area contributed by atoms with Crippen molar-refractivity contribution in [2.45, 2.75) is 26.4 Å². The molecule has 4 heteroatoms. The van der Waals surface area contributed by atoms with Crippen LogP contribution in [-0.4, -0.2) is 48.2 Å². The van der Waals surface area contributed by atoms with Crippen molar-refractivity contribution >= 4 is 0 Å². The van der Waals surface area contributed by atoms with Crippen LogP contribution in [0.15, 0.2) is 49.1 Å². The quantitative estimate of drug-likeness (QED) is 0.757. The van der Waals surface area contributed by atoms with Gasteiger partial charge in [-0.2, -0.15) is 0 Å². The molecule has 2 aromatic carbocycles. The number of ether oxygens (including phenoxy) is 1. The highest BCUT2D eigenvalue weighted by Gasteiger charge is 2.19. The molecule has 0 spiro atoms. The second kappa shape index (κ2) is 9.07. The number of aromatic hydroxyl groups is 1. The maximum Gasteiger partial charge on any atom is 0.162 e. The summed E-state index contributed by atoms with van der Waals surface area (Å²) in [7, 11) is 1.60. The maximum absolute atomic E-state index is 10.5. The Morgan fingerprint density at radius 1 is 1.04 bits per heavy atom. The fraction of sp³-hybridized carbons (Fsp3) is 0.391. The number of nitrogens with zero attached hydrogens (tertiary/aromatic N) is 2. The summed E-state index contributed by atoms with van der Waals surface area (Å²) in [6.07, 6.45) is 2.65. The molecule has 0 bridgehead atoms. The fourth-order valence-corrected chi connectivity index (χ4v) is 3.70. The molecule has 144 valence electrons. The zero-order valence-electron chi connectivity index (χ0n) is 16.4. The van der Waals surface area contributed by atoms with Gasteiger partial charge in [-0.15, -0.1) is 6.58 Å². The van der Waals surface area contributed by atoms with Gasteiger partial charge in [0.05, 0.1) is 7.11 Å². The van der Waals surface area contributed by atoms with Crippen LogP contribution in [0.2, 0.25) is 0 Å². The van der Waals surface area contributed by atoms with Crippen molar-refractivity contribution in [1.29, 1.82) is 0 Å². The Hall–Kier alpha value is -2.30. The van der Waals surface area contributed by atoms with E-state index in [4.69, 9.17) is 4.74 Å². The highest BCUT2D eigenvalue weighted by molar-refractivity contribution is 5.49. The van der Waals surface area contributed by atoms with Gasteiger partial charge in [-0.3, -0.25) is 9.80 Å². The normalized spacial score (nSPS) is 15.6. The average Bonchev–Trinajstić information content (AvgIpc) is 2.66. The smallest absolute Gasteiger partial charge is 0.162 e. The van der Waals surface area contributed by atoms with Gasteiger partial charge in [0.1, 0.15) is 0 Å². The van der Waals surface area contributed by atoms with Gasteiger partial charge < -0.3 is 9.84 Å². The molecule has 1 saturated heterocycles. The lowest BCUT2D eigenvalue weighted by atomic mass is 10.0. The van der Waals surface area contributed by atoms with Crippen LogP contribution in [0.5, 0.6) is 11.5 Å². The molecule has 1 aliphatic rings. The van der Waals surface area contributed by atoms with Crippen molar-refractivity contribution in [3.63, 3.8) is 0 Å². The van der Waals surface area contributed by atoms with Crippen molar-refractivity contribution < 1.29 is 9.84 Å². The first-order valence-corrected chi connectivity index (χ1v) is 9.59. The number of methoxy groups -OCH3 is 1. The van der Waals surface area contributed by atoms with E-state index >= 15 is 0 Å². The predicted molar refractivity (Wildman–Crippen MR) is 110 cm³/mol. The van der Waals surface area contributed by atoms with Crippen LogP contribution in [0, 0.1) is 6.92 Å². The molecule has 0 saturated carbocycles. The number of hydrogen-bond acceptors (Lipinski definition) is 4. The monoisotopic (exact) mass is 366 g/mol. The molecule has 0 unspecified atom stereocenters. The van der Waals surface area contributed by atoms with E-state index in [0.29, 0.717) is 5.75 Å². The summed E-state index contributed by atoms with van der Waals surface area (Å²) in [5.74, 6) is 0.801. The Bertz CT molecular complexity index is 780. The second-order valence-electron chi connectivity index (χ2n) is 7.34. The molecule has 0 radical (unpaired) electrons. The number of phenolic OH excluding ortho intramolecular Hbond substituents is 1. The Kier molecular flexibility index (Phi) is 6.54. The fourth-order valence-electron chi connectivity index (χ4n) is 3.70. The van der Waals surface area contributed by atoms with Crippen molar-refractivity contribution in [3.8, 4) is 11.5 Å². The van der Waals surface area contributed by atoms with Crippen LogP contribution in [0.25, 0.3) is 0 Å². The molecular weight excluding hydrogens is 336 g/mol. The minimum absolute atomic E-state index is 0.257. The zero-order chi connectivity index (χ0) is 19.2. The molecule has 0 atom stereocenters. The number of benzene rings is 2. The SMILES string of the molecule is C=CCc1cc(CN2CCN(Cc3cccc(C)c3)CC2)c(O)c(OC)c1. The summed E-state index contributed by atoms with van der Waals surface area (Å²) in [6, 6.07) is 12.7. The van der Waals surface area contributed by atoms with E-state index in [9.17, 15) is 5.11 Å². The van der Waals surface area contributed by atoms with Gasteiger partial charge in [0.15, 0.2) is 11.5 Å². The summed E-state index contributed by atoms with van der Waals surface area (Å²) in [5, 5.41) is 10.5. The van der Waals surface area contributed by atoms with Gasteiger partial charge in [-0.05, 0) is 30.5 Å².